The molecule has 92 valence electrons. The number of likely N-dealkylation sites (N-methyl/N-ethyl adjacent to an activating group) is 1. The van der Waals surface area contributed by atoms with E-state index in [1.165, 1.54) is 4.90 Å². The summed E-state index contributed by atoms with van der Waals surface area (Å²) in [6.07, 6.45) is 0.482. The number of carbonyl (C=O) groups excluding carboxylic acids is 2. The van der Waals surface area contributed by atoms with E-state index in [1.807, 2.05) is 0 Å². The molecule has 1 atom stereocenters. The van der Waals surface area contributed by atoms with E-state index in [1.54, 1.807) is 19.1 Å². The molecule has 0 aliphatic carbocycles. The summed E-state index contributed by atoms with van der Waals surface area (Å²) in [5.74, 6) is -0.211. The van der Waals surface area contributed by atoms with Crippen molar-refractivity contribution in [2.75, 3.05) is 40.4 Å². The summed E-state index contributed by atoms with van der Waals surface area (Å²) in [6, 6.07) is -0.573. The summed E-state index contributed by atoms with van der Waals surface area (Å²) >= 11 is 0. The Labute approximate surface area is 95.3 Å². The van der Waals surface area contributed by atoms with Crippen LogP contribution >= 0.6 is 0 Å². The van der Waals surface area contributed by atoms with Crippen molar-refractivity contribution in [1.82, 2.24) is 9.80 Å². The number of hydrogen-bond donors (Lipinski definition) is 1. The van der Waals surface area contributed by atoms with Crippen LogP contribution in [0.15, 0.2) is 0 Å². The first-order valence-corrected chi connectivity index (χ1v) is 5.33. The molecule has 1 unspecified atom stereocenters. The fraction of sp³-hybridized carbons (Fsp3) is 0.800. The van der Waals surface area contributed by atoms with Crippen molar-refractivity contribution in [2.24, 2.45) is 5.73 Å². The number of piperazine rings is 1. The Hall–Kier alpha value is -1.14. The van der Waals surface area contributed by atoms with Crippen molar-refractivity contribution in [3.63, 3.8) is 0 Å². The molecule has 0 spiro atoms. The Bertz CT molecular complexity index is 270. The summed E-state index contributed by atoms with van der Waals surface area (Å²) in [5, 5.41) is 0. The van der Waals surface area contributed by atoms with Gasteiger partial charge in [0.25, 0.3) is 0 Å². The smallest absolute Gasteiger partial charge is 0.241 e. The van der Waals surface area contributed by atoms with Crippen molar-refractivity contribution >= 4 is 11.8 Å². The summed E-state index contributed by atoms with van der Waals surface area (Å²) in [6.45, 7) is 1.72. The van der Waals surface area contributed by atoms with Gasteiger partial charge in [-0.05, 0) is 6.42 Å². The number of methoxy groups -OCH3 is 1. The Morgan fingerprint density at radius 1 is 1.56 bits per heavy atom. The number of amides is 2. The number of rotatable bonds is 4. The minimum Gasteiger partial charge on any atom is -0.385 e. The second kappa shape index (κ2) is 5.81. The van der Waals surface area contributed by atoms with Crippen molar-refractivity contribution in [2.45, 2.75) is 12.5 Å². The van der Waals surface area contributed by atoms with Crippen LogP contribution in [0.2, 0.25) is 0 Å². The molecule has 1 rings (SSSR count). The quantitative estimate of drug-likeness (QED) is 0.647. The van der Waals surface area contributed by atoms with Gasteiger partial charge < -0.3 is 20.3 Å². The number of ether oxygens (including phenoxy) is 1. The van der Waals surface area contributed by atoms with Crippen LogP contribution in [0.3, 0.4) is 0 Å². The maximum Gasteiger partial charge on any atom is 0.241 e. The average molecular weight is 229 g/mol. The van der Waals surface area contributed by atoms with E-state index in [9.17, 15) is 9.59 Å². The molecule has 1 saturated heterocycles. The highest BCUT2D eigenvalue weighted by Crippen LogP contribution is 2.04. The summed E-state index contributed by atoms with van der Waals surface area (Å²) < 4.78 is 4.86. The van der Waals surface area contributed by atoms with Crippen LogP contribution in [0.25, 0.3) is 0 Å². The zero-order valence-electron chi connectivity index (χ0n) is 9.81. The van der Waals surface area contributed by atoms with Crippen LogP contribution in [-0.4, -0.2) is 68.1 Å². The van der Waals surface area contributed by atoms with Crippen molar-refractivity contribution in [1.29, 1.82) is 0 Å². The predicted molar refractivity (Wildman–Crippen MR) is 58.7 cm³/mol. The van der Waals surface area contributed by atoms with Gasteiger partial charge in [0.1, 0.15) is 0 Å². The first-order valence-electron chi connectivity index (χ1n) is 5.33. The lowest BCUT2D eigenvalue weighted by Gasteiger charge is -2.33. The minimum atomic E-state index is -0.573. The molecular weight excluding hydrogens is 210 g/mol. The van der Waals surface area contributed by atoms with E-state index in [2.05, 4.69) is 0 Å². The predicted octanol–water partition coefficient (Wildman–Crippen LogP) is -1.35. The second-order valence-electron chi connectivity index (χ2n) is 3.96. The van der Waals surface area contributed by atoms with Gasteiger partial charge in [-0.3, -0.25) is 9.59 Å². The van der Waals surface area contributed by atoms with E-state index in [-0.39, 0.29) is 18.4 Å². The normalized spacial score (nSPS) is 18.8. The maximum atomic E-state index is 11.8. The lowest BCUT2D eigenvalue weighted by molar-refractivity contribution is -0.145. The minimum absolute atomic E-state index is 0.0430. The molecule has 0 saturated carbocycles. The molecule has 1 aliphatic rings. The van der Waals surface area contributed by atoms with Gasteiger partial charge in [-0.2, -0.15) is 0 Å². The zero-order chi connectivity index (χ0) is 12.1. The molecular formula is C10H19N3O3. The van der Waals surface area contributed by atoms with Crippen molar-refractivity contribution in [3.05, 3.63) is 0 Å². The van der Waals surface area contributed by atoms with Gasteiger partial charge in [0.05, 0.1) is 12.6 Å². The Balaban J connectivity index is 2.45. The summed E-state index contributed by atoms with van der Waals surface area (Å²) in [5.41, 5.74) is 5.72. The SMILES string of the molecule is COCCC(N)C(=O)N1CCN(C)C(=O)C1. The highest BCUT2D eigenvalue weighted by molar-refractivity contribution is 5.88. The van der Waals surface area contributed by atoms with Gasteiger partial charge >= 0.3 is 0 Å². The van der Waals surface area contributed by atoms with Gasteiger partial charge in [-0.15, -0.1) is 0 Å². The van der Waals surface area contributed by atoms with Gasteiger partial charge in [0, 0.05) is 33.9 Å². The highest BCUT2D eigenvalue weighted by atomic mass is 16.5. The van der Waals surface area contributed by atoms with Gasteiger partial charge in [-0.1, -0.05) is 0 Å². The van der Waals surface area contributed by atoms with E-state index in [0.717, 1.165) is 0 Å². The topological polar surface area (TPSA) is 75.9 Å². The summed E-state index contributed by atoms with van der Waals surface area (Å²) in [7, 11) is 3.30. The fourth-order valence-electron chi connectivity index (χ4n) is 1.55. The average Bonchev–Trinajstić information content (AvgIpc) is 2.28. The van der Waals surface area contributed by atoms with E-state index >= 15 is 0 Å². The molecule has 0 bridgehead atoms. The molecule has 1 aliphatic heterocycles. The zero-order valence-corrected chi connectivity index (χ0v) is 9.81. The number of carbonyl (C=O) groups is 2. The third kappa shape index (κ3) is 3.18. The van der Waals surface area contributed by atoms with Crippen LogP contribution in [-0.2, 0) is 14.3 Å². The van der Waals surface area contributed by atoms with Crippen LogP contribution in [0.1, 0.15) is 6.42 Å². The largest absolute Gasteiger partial charge is 0.385 e. The standard InChI is InChI=1S/C10H19N3O3/c1-12-4-5-13(7-9(12)14)10(15)8(11)3-6-16-2/h8H,3-7,11H2,1-2H3. The fourth-order valence-corrected chi connectivity index (χ4v) is 1.55. The number of nitrogens with two attached hydrogens (primary N) is 1. The van der Waals surface area contributed by atoms with Crippen LogP contribution < -0.4 is 5.73 Å². The van der Waals surface area contributed by atoms with Crippen molar-refractivity contribution < 1.29 is 14.3 Å². The Morgan fingerprint density at radius 2 is 2.25 bits per heavy atom. The Morgan fingerprint density at radius 3 is 2.81 bits per heavy atom. The monoisotopic (exact) mass is 229 g/mol. The molecule has 0 aromatic carbocycles. The molecule has 2 N–H and O–H groups in total. The first-order chi connectivity index (χ1) is 7.56. The molecule has 16 heavy (non-hydrogen) atoms. The number of hydrogen-bond acceptors (Lipinski definition) is 4. The third-order valence-electron chi connectivity index (χ3n) is 2.72. The van der Waals surface area contributed by atoms with Gasteiger partial charge in [0.2, 0.25) is 11.8 Å². The third-order valence-corrected chi connectivity index (χ3v) is 2.72. The van der Waals surface area contributed by atoms with Crippen LogP contribution in [0, 0.1) is 0 Å². The number of nitrogens with zero attached hydrogens (tertiary/aromatic N) is 2. The van der Waals surface area contributed by atoms with E-state index in [0.29, 0.717) is 26.1 Å². The van der Waals surface area contributed by atoms with Gasteiger partial charge in [-0.25, -0.2) is 0 Å². The lowest BCUT2D eigenvalue weighted by Crippen LogP contribution is -2.54. The van der Waals surface area contributed by atoms with E-state index in [4.69, 9.17) is 10.5 Å². The molecule has 1 heterocycles. The lowest BCUT2D eigenvalue weighted by atomic mass is 10.2. The van der Waals surface area contributed by atoms with Crippen LogP contribution in [0.4, 0.5) is 0 Å². The van der Waals surface area contributed by atoms with Gasteiger partial charge in [0.15, 0.2) is 0 Å². The maximum absolute atomic E-state index is 11.8. The Kier molecular flexibility index (Phi) is 4.70. The second-order valence-corrected chi connectivity index (χ2v) is 3.96. The van der Waals surface area contributed by atoms with Crippen LogP contribution in [0.5, 0.6) is 0 Å². The first kappa shape index (κ1) is 12.9. The molecule has 1 fully saturated rings. The molecule has 2 amide bonds. The van der Waals surface area contributed by atoms with Crippen molar-refractivity contribution in [3.8, 4) is 0 Å². The molecule has 6 heteroatoms. The molecule has 0 radical (unpaired) electrons. The summed E-state index contributed by atoms with van der Waals surface area (Å²) in [4.78, 5) is 26.4. The molecule has 0 aromatic heterocycles. The molecule has 0 aromatic rings. The molecule has 6 nitrogen and oxygen atoms in total. The highest BCUT2D eigenvalue weighted by Gasteiger charge is 2.27. The van der Waals surface area contributed by atoms with E-state index < -0.39 is 6.04 Å².